The summed E-state index contributed by atoms with van der Waals surface area (Å²) < 4.78 is 7.31. The van der Waals surface area contributed by atoms with E-state index in [4.69, 9.17) is 4.74 Å². The highest BCUT2D eigenvalue weighted by atomic mass is 32.1. The summed E-state index contributed by atoms with van der Waals surface area (Å²) in [7, 11) is 1.67. The quantitative estimate of drug-likeness (QED) is 0.733. The van der Waals surface area contributed by atoms with Crippen LogP contribution in [-0.2, 0) is 0 Å². The highest BCUT2D eigenvalue weighted by molar-refractivity contribution is 7.13. The van der Waals surface area contributed by atoms with E-state index in [1.54, 1.807) is 18.4 Å². The van der Waals surface area contributed by atoms with Crippen LogP contribution in [0, 0.1) is 0 Å². The van der Waals surface area contributed by atoms with Crippen LogP contribution in [0.2, 0.25) is 0 Å². The van der Waals surface area contributed by atoms with E-state index >= 15 is 0 Å². The van der Waals surface area contributed by atoms with Crippen LogP contribution >= 0.6 is 11.3 Å². The van der Waals surface area contributed by atoms with Crippen molar-refractivity contribution in [3.8, 4) is 16.3 Å². The second-order valence-corrected chi connectivity index (χ2v) is 5.69. The van der Waals surface area contributed by atoms with Crippen molar-refractivity contribution in [3.63, 3.8) is 0 Å². The minimum Gasteiger partial charge on any atom is -0.493 e. The molecule has 1 saturated carbocycles. The van der Waals surface area contributed by atoms with Crippen molar-refractivity contribution in [2.24, 2.45) is 0 Å². The number of pyridine rings is 1. The lowest BCUT2D eigenvalue weighted by Crippen LogP contribution is -1.96. The van der Waals surface area contributed by atoms with Gasteiger partial charge in [0.15, 0.2) is 17.2 Å². The van der Waals surface area contributed by atoms with E-state index in [0.29, 0.717) is 5.92 Å². The molecule has 0 atom stereocenters. The minimum atomic E-state index is 0.542. The molecule has 3 aromatic rings. The standard InChI is InChI=1S/C14H13N3OS/c1-18-11-7-6-10(12-3-2-8-19-12)17-14(11)15-13(16-17)9-4-5-9/h2-3,6-9H,4-5H2,1H3. The van der Waals surface area contributed by atoms with Gasteiger partial charge in [-0.2, -0.15) is 5.10 Å². The van der Waals surface area contributed by atoms with Crippen LogP contribution in [0.4, 0.5) is 0 Å². The molecular weight excluding hydrogens is 258 g/mol. The van der Waals surface area contributed by atoms with E-state index in [2.05, 4.69) is 27.6 Å². The first kappa shape index (κ1) is 11.0. The maximum atomic E-state index is 5.39. The van der Waals surface area contributed by atoms with Crippen LogP contribution in [0.15, 0.2) is 29.6 Å². The Morgan fingerprint density at radius 3 is 2.89 bits per heavy atom. The molecule has 0 bridgehead atoms. The Bertz CT molecular complexity index is 729. The van der Waals surface area contributed by atoms with E-state index in [1.165, 1.54) is 17.7 Å². The first-order chi connectivity index (χ1) is 9.36. The first-order valence-electron chi connectivity index (χ1n) is 6.34. The second-order valence-electron chi connectivity index (χ2n) is 4.74. The molecule has 1 aliphatic rings. The van der Waals surface area contributed by atoms with Crippen LogP contribution in [-0.4, -0.2) is 21.7 Å². The van der Waals surface area contributed by atoms with Crippen molar-refractivity contribution in [2.45, 2.75) is 18.8 Å². The average molecular weight is 271 g/mol. The fourth-order valence-corrected chi connectivity index (χ4v) is 2.98. The van der Waals surface area contributed by atoms with Gasteiger partial charge >= 0.3 is 0 Å². The molecule has 0 unspecified atom stereocenters. The summed E-state index contributed by atoms with van der Waals surface area (Å²) in [5, 5.41) is 6.75. The zero-order valence-corrected chi connectivity index (χ0v) is 11.4. The Balaban J connectivity index is 1.98. The third kappa shape index (κ3) is 1.73. The molecule has 0 N–H and O–H groups in total. The van der Waals surface area contributed by atoms with Gasteiger partial charge in [-0.05, 0) is 36.4 Å². The van der Waals surface area contributed by atoms with Crippen LogP contribution in [0.5, 0.6) is 5.75 Å². The second kappa shape index (κ2) is 4.06. The molecule has 5 heteroatoms. The lowest BCUT2D eigenvalue weighted by Gasteiger charge is -2.05. The van der Waals surface area contributed by atoms with E-state index in [9.17, 15) is 0 Å². The number of ether oxygens (including phenoxy) is 1. The molecule has 96 valence electrons. The Labute approximate surface area is 114 Å². The van der Waals surface area contributed by atoms with Crippen LogP contribution in [0.1, 0.15) is 24.6 Å². The van der Waals surface area contributed by atoms with Crippen molar-refractivity contribution in [1.29, 1.82) is 0 Å². The molecule has 4 rings (SSSR count). The van der Waals surface area contributed by atoms with Crippen LogP contribution in [0.25, 0.3) is 16.2 Å². The maximum Gasteiger partial charge on any atom is 0.198 e. The Kier molecular flexibility index (Phi) is 2.35. The highest BCUT2D eigenvalue weighted by Crippen LogP contribution is 2.39. The molecule has 3 aromatic heterocycles. The molecule has 0 aromatic carbocycles. The minimum absolute atomic E-state index is 0.542. The Morgan fingerprint density at radius 1 is 1.32 bits per heavy atom. The van der Waals surface area contributed by atoms with Crippen molar-refractivity contribution in [1.82, 2.24) is 14.6 Å². The van der Waals surface area contributed by atoms with Crippen molar-refractivity contribution in [3.05, 3.63) is 35.5 Å². The number of hydrogen-bond acceptors (Lipinski definition) is 4. The third-order valence-corrected chi connectivity index (χ3v) is 4.29. The number of aromatic nitrogens is 3. The molecule has 1 aliphatic carbocycles. The van der Waals surface area contributed by atoms with E-state index in [1.807, 2.05) is 16.6 Å². The van der Waals surface area contributed by atoms with Gasteiger partial charge in [0.1, 0.15) is 0 Å². The van der Waals surface area contributed by atoms with Gasteiger partial charge in [0.05, 0.1) is 17.7 Å². The van der Waals surface area contributed by atoms with Gasteiger partial charge in [0, 0.05) is 5.92 Å². The Hall–Kier alpha value is -1.88. The molecule has 0 saturated heterocycles. The van der Waals surface area contributed by atoms with Gasteiger partial charge in [-0.1, -0.05) is 6.07 Å². The van der Waals surface area contributed by atoms with E-state index in [-0.39, 0.29) is 0 Å². The molecule has 0 amide bonds. The molecular formula is C14H13N3OS. The lowest BCUT2D eigenvalue weighted by atomic mass is 10.3. The molecule has 0 radical (unpaired) electrons. The number of nitrogens with zero attached hydrogens (tertiary/aromatic N) is 3. The zero-order chi connectivity index (χ0) is 12.8. The van der Waals surface area contributed by atoms with Crippen LogP contribution in [0.3, 0.4) is 0 Å². The van der Waals surface area contributed by atoms with Gasteiger partial charge in [0.2, 0.25) is 0 Å². The monoisotopic (exact) mass is 271 g/mol. The number of thiophene rings is 1. The number of methoxy groups -OCH3 is 1. The summed E-state index contributed by atoms with van der Waals surface area (Å²) in [5.41, 5.74) is 1.89. The SMILES string of the molecule is COc1ccc(-c2cccs2)n2nc(C3CC3)nc12. The molecule has 4 nitrogen and oxygen atoms in total. The van der Waals surface area contributed by atoms with Crippen molar-refractivity contribution >= 4 is 17.0 Å². The molecule has 1 fully saturated rings. The summed E-state index contributed by atoms with van der Waals surface area (Å²) in [5.74, 6) is 2.27. The smallest absolute Gasteiger partial charge is 0.198 e. The first-order valence-corrected chi connectivity index (χ1v) is 7.22. The van der Waals surface area contributed by atoms with Gasteiger partial charge < -0.3 is 4.74 Å². The zero-order valence-electron chi connectivity index (χ0n) is 10.5. The predicted octanol–water partition coefficient (Wildman–Crippen LogP) is 3.34. The molecule has 0 aliphatic heterocycles. The summed E-state index contributed by atoms with van der Waals surface area (Å²) in [6, 6.07) is 8.16. The normalized spacial score (nSPS) is 15.0. The van der Waals surface area contributed by atoms with Crippen molar-refractivity contribution < 1.29 is 4.74 Å². The summed E-state index contributed by atoms with van der Waals surface area (Å²) in [6.45, 7) is 0. The van der Waals surface area contributed by atoms with Gasteiger partial charge in [-0.3, -0.25) is 0 Å². The van der Waals surface area contributed by atoms with Crippen molar-refractivity contribution in [2.75, 3.05) is 7.11 Å². The Morgan fingerprint density at radius 2 is 2.21 bits per heavy atom. The highest BCUT2D eigenvalue weighted by Gasteiger charge is 2.29. The molecule has 19 heavy (non-hydrogen) atoms. The fourth-order valence-electron chi connectivity index (χ4n) is 2.24. The van der Waals surface area contributed by atoms with Gasteiger partial charge in [-0.25, -0.2) is 9.50 Å². The lowest BCUT2D eigenvalue weighted by molar-refractivity contribution is 0.416. The third-order valence-electron chi connectivity index (χ3n) is 3.40. The molecule has 3 heterocycles. The topological polar surface area (TPSA) is 39.4 Å². The maximum absolute atomic E-state index is 5.39. The fraction of sp³-hybridized carbons (Fsp3) is 0.286. The molecule has 0 spiro atoms. The summed E-state index contributed by atoms with van der Waals surface area (Å²) in [6.07, 6.45) is 2.40. The number of hydrogen-bond donors (Lipinski definition) is 0. The number of fused-ring (bicyclic) bond motifs is 1. The number of rotatable bonds is 3. The largest absolute Gasteiger partial charge is 0.493 e. The van der Waals surface area contributed by atoms with E-state index in [0.717, 1.165) is 22.9 Å². The van der Waals surface area contributed by atoms with Gasteiger partial charge in [-0.15, -0.1) is 11.3 Å². The van der Waals surface area contributed by atoms with E-state index < -0.39 is 0 Å². The summed E-state index contributed by atoms with van der Waals surface area (Å²) in [4.78, 5) is 5.84. The van der Waals surface area contributed by atoms with Gasteiger partial charge in [0.25, 0.3) is 0 Å². The summed E-state index contributed by atoms with van der Waals surface area (Å²) >= 11 is 1.71. The average Bonchev–Trinajstić information content (AvgIpc) is 2.98. The van der Waals surface area contributed by atoms with Crippen LogP contribution < -0.4 is 4.74 Å². The predicted molar refractivity (Wildman–Crippen MR) is 74.8 cm³/mol.